The van der Waals surface area contributed by atoms with Gasteiger partial charge in [0.15, 0.2) is 5.13 Å². The van der Waals surface area contributed by atoms with Crippen molar-refractivity contribution in [1.29, 1.82) is 0 Å². The van der Waals surface area contributed by atoms with Gasteiger partial charge in [-0.05, 0) is 34.5 Å². The maximum Gasteiger partial charge on any atom is 0.261 e. The van der Waals surface area contributed by atoms with Gasteiger partial charge in [-0.15, -0.1) is 0 Å². The van der Waals surface area contributed by atoms with Crippen molar-refractivity contribution in [3.05, 3.63) is 76.1 Å². The number of carbonyl (C=O) groups is 1. The van der Waals surface area contributed by atoms with E-state index in [0.717, 1.165) is 22.0 Å². The summed E-state index contributed by atoms with van der Waals surface area (Å²) in [5.74, 6) is -0.554. The van der Waals surface area contributed by atoms with E-state index < -0.39 is 5.91 Å². The highest BCUT2D eigenvalue weighted by atomic mass is 35.5. The molecular formula is C21H17ClN4OS. The number of hydrogen-bond acceptors (Lipinski definition) is 5. The number of anilines is 2. The highest BCUT2D eigenvalue weighted by Gasteiger charge is 2.21. The van der Waals surface area contributed by atoms with Gasteiger partial charge in [-0.2, -0.15) is 0 Å². The SMILES string of the molecule is NCc1cccc(Cl)c1-c1nc(Nc2ccc3ccccc3c2)sc1C(N)=O. The van der Waals surface area contributed by atoms with Crippen LogP contribution in [-0.2, 0) is 6.54 Å². The quantitative estimate of drug-likeness (QED) is 0.437. The van der Waals surface area contributed by atoms with E-state index in [1.807, 2.05) is 48.5 Å². The third-order valence-corrected chi connectivity index (χ3v) is 5.71. The molecule has 4 rings (SSSR count). The van der Waals surface area contributed by atoms with Crippen LogP contribution in [0.4, 0.5) is 10.8 Å². The normalized spacial score (nSPS) is 10.9. The molecule has 0 spiro atoms. The summed E-state index contributed by atoms with van der Waals surface area (Å²) < 4.78 is 0. The topological polar surface area (TPSA) is 94.0 Å². The van der Waals surface area contributed by atoms with Gasteiger partial charge < -0.3 is 16.8 Å². The van der Waals surface area contributed by atoms with Gasteiger partial charge in [-0.3, -0.25) is 4.79 Å². The van der Waals surface area contributed by atoms with Crippen LogP contribution in [0.1, 0.15) is 15.2 Å². The summed E-state index contributed by atoms with van der Waals surface area (Å²) in [6.07, 6.45) is 0. The number of carbonyl (C=O) groups excluding carboxylic acids is 1. The minimum atomic E-state index is -0.554. The highest BCUT2D eigenvalue weighted by Crippen LogP contribution is 2.38. The first-order valence-corrected chi connectivity index (χ1v) is 9.80. The number of amides is 1. The summed E-state index contributed by atoms with van der Waals surface area (Å²) >= 11 is 7.59. The van der Waals surface area contributed by atoms with Crippen molar-refractivity contribution in [2.24, 2.45) is 11.5 Å². The Morgan fingerprint density at radius 3 is 2.61 bits per heavy atom. The van der Waals surface area contributed by atoms with Crippen LogP contribution in [0.25, 0.3) is 22.0 Å². The Balaban J connectivity index is 1.77. The number of primary amides is 1. The van der Waals surface area contributed by atoms with Crippen LogP contribution in [0, 0.1) is 0 Å². The molecule has 0 bridgehead atoms. The molecule has 0 aliphatic heterocycles. The molecule has 0 aliphatic rings. The summed E-state index contributed by atoms with van der Waals surface area (Å²) in [6, 6.07) is 19.5. The molecule has 0 unspecified atom stereocenters. The molecule has 1 heterocycles. The Bertz CT molecular complexity index is 1190. The second kappa shape index (κ2) is 7.59. The molecule has 140 valence electrons. The zero-order valence-electron chi connectivity index (χ0n) is 14.8. The number of nitrogens with one attached hydrogen (secondary N) is 1. The van der Waals surface area contributed by atoms with E-state index in [9.17, 15) is 4.79 Å². The molecule has 4 aromatic rings. The lowest BCUT2D eigenvalue weighted by Gasteiger charge is -2.08. The Morgan fingerprint density at radius 2 is 1.86 bits per heavy atom. The smallest absolute Gasteiger partial charge is 0.261 e. The van der Waals surface area contributed by atoms with Gasteiger partial charge in [0, 0.05) is 17.8 Å². The van der Waals surface area contributed by atoms with Crippen molar-refractivity contribution in [3.63, 3.8) is 0 Å². The first-order valence-electron chi connectivity index (χ1n) is 8.61. The summed E-state index contributed by atoms with van der Waals surface area (Å²) in [6.45, 7) is 0.277. The van der Waals surface area contributed by atoms with Crippen LogP contribution in [0.2, 0.25) is 5.02 Å². The number of nitrogens with zero attached hydrogens (tertiary/aromatic N) is 1. The molecule has 0 saturated carbocycles. The second-order valence-electron chi connectivity index (χ2n) is 6.23. The van der Waals surface area contributed by atoms with Crippen molar-refractivity contribution in [2.45, 2.75) is 6.54 Å². The van der Waals surface area contributed by atoms with Gasteiger partial charge in [-0.25, -0.2) is 4.98 Å². The summed E-state index contributed by atoms with van der Waals surface area (Å²) in [5, 5.41) is 6.56. The van der Waals surface area contributed by atoms with E-state index in [4.69, 9.17) is 23.1 Å². The third kappa shape index (κ3) is 3.45. The summed E-state index contributed by atoms with van der Waals surface area (Å²) in [4.78, 5) is 17.0. The molecule has 3 aromatic carbocycles. The second-order valence-corrected chi connectivity index (χ2v) is 7.63. The van der Waals surface area contributed by atoms with Crippen LogP contribution in [0.15, 0.2) is 60.7 Å². The highest BCUT2D eigenvalue weighted by molar-refractivity contribution is 7.18. The Morgan fingerprint density at radius 1 is 1.07 bits per heavy atom. The predicted octanol–water partition coefficient (Wildman–Crippen LogP) is 4.92. The molecule has 0 radical (unpaired) electrons. The lowest BCUT2D eigenvalue weighted by Crippen LogP contribution is -2.11. The van der Waals surface area contributed by atoms with Crippen molar-refractivity contribution >= 4 is 50.4 Å². The minimum absolute atomic E-state index is 0.277. The number of thiazole rings is 1. The molecule has 5 N–H and O–H groups in total. The fourth-order valence-electron chi connectivity index (χ4n) is 3.10. The average Bonchev–Trinajstić information content (AvgIpc) is 3.11. The average molecular weight is 409 g/mol. The number of nitrogens with two attached hydrogens (primary N) is 2. The van der Waals surface area contributed by atoms with Crippen molar-refractivity contribution in [1.82, 2.24) is 4.98 Å². The first-order chi connectivity index (χ1) is 13.6. The summed E-state index contributed by atoms with van der Waals surface area (Å²) in [5.41, 5.74) is 14.2. The van der Waals surface area contributed by atoms with E-state index >= 15 is 0 Å². The van der Waals surface area contributed by atoms with Crippen LogP contribution < -0.4 is 16.8 Å². The van der Waals surface area contributed by atoms with Gasteiger partial charge in [0.05, 0.1) is 10.7 Å². The number of benzene rings is 3. The lowest BCUT2D eigenvalue weighted by atomic mass is 10.0. The van der Waals surface area contributed by atoms with Crippen LogP contribution in [0.5, 0.6) is 0 Å². The van der Waals surface area contributed by atoms with E-state index in [1.165, 1.54) is 11.3 Å². The largest absolute Gasteiger partial charge is 0.365 e. The first kappa shape index (κ1) is 18.4. The molecule has 7 heteroatoms. The van der Waals surface area contributed by atoms with Gasteiger partial charge in [-0.1, -0.05) is 65.4 Å². The number of fused-ring (bicyclic) bond motifs is 1. The van der Waals surface area contributed by atoms with E-state index in [2.05, 4.69) is 16.4 Å². The number of rotatable bonds is 5. The van der Waals surface area contributed by atoms with E-state index in [-0.39, 0.29) is 6.54 Å². The molecule has 1 aromatic heterocycles. The van der Waals surface area contributed by atoms with Crippen LogP contribution >= 0.6 is 22.9 Å². The van der Waals surface area contributed by atoms with Crippen molar-refractivity contribution < 1.29 is 4.79 Å². The molecular weight excluding hydrogens is 392 g/mol. The maximum atomic E-state index is 12.0. The number of halogens is 1. The fraction of sp³-hybridized carbons (Fsp3) is 0.0476. The van der Waals surface area contributed by atoms with Gasteiger partial charge in [0.25, 0.3) is 5.91 Å². The predicted molar refractivity (Wildman–Crippen MR) is 116 cm³/mol. The standard InChI is InChI=1S/C21H17ClN4OS/c22-16-7-3-6-14(11-23)17(16)18-19(20(24)27)28-21(26-18)25-15-9-8-12-4-1-2-5-13(12)10-15/h1-10H,11,23H2,(H2,24,27)(H,25,26). The molecule has 5 nitrogen and oxygen atoms in total. The third-order valence-electron chi connectivity index (χ3n) is 4.41. The fourth-order valence-corrected chi connectivity index (χ4v) is 4.23. The van der Waals surface area contributed by atoms with E-state index in [1.54, 1.807) is 6.07 Å². The van der Waals surface area contributed by atoms with E-state index in [0.29, 0.717) is 26.3 Å². The Labute approximate surface area is 171 Å². The summed E-state index contributed by atoms with van der Waals surface area (Å²) in [7, 11) is 0. The maximum absolute atomic E-state index is 12.0. The van der Waals surface area contributed by atoms with Gasteiger partial charge in [0.2, 0.25) is 0 Å². The Kier molecular flexibility index (Phi) is 5.00. The molecule has 0 fully saturated rings. The lowest BCUT2D eigenvalue weighted by molar-refractivity contribution is 0.100. The number of aromatic nitrogens is 1. The molecule has 0 aliphatic carbocycles. The molecule has 0 saturated heterocycles. The van der Waals surface area contributed by atoms with Crippen LogP contribution in [-0.4, -0.2) is 10.9 Å². The van der Waals surface area contributed by atoms with Crippen molar-refractivity contribution in [2.75, 3.05) is 5.32 Å². The zero-order chi connectivity index (χ0) is 19.7. The molecule has 28 heavy (non-hydrogen) atoms. The van der Waals surface area contributed by atoms with Crippen LogP contribution in [0.3, 0.4) is 0 Å². The molecule has 0 atom stereocenters. The Hall–Kier alpha value is -2.93. The number of hydrogen-bond donors (Lipinski definition) is 3. The van der Waals surface area contributed by atoms with Crippen molar-refractivity contribution in [3.8, 4) is 11.3 Å². The van der Waals surface area contributed by atoms with Gasteiger partial charge >= 0.3 is 0 Å². The molecule has 1 amide bonds. The minimum Gasteiger partial charge on any atom is -0.365 e. The monoisotopic (exact) mass is 408 g/mol. The van der Waals surface area contributed by atoms with Gasteiger partial charge in [0.1, 0.15) is 4.88 Å². The zero-order valence-corrected chi connectivity index (χ0v) is 16.3.